The van der Waals surface area contributed by atoms with Gasteiger partial charge in [-0.2, -0.15) is 0 Å². The van der Waals surface area contributed by atoms with Crippen molar-refractivity contribution in [1.82, 2.24) is 40.7 Å². The van der Waals surface area contributed by atoms with Crippen LogP contribution >= 0.6 is 34.0 Å². The van der Waals surface area contributed by atoms with Crippen molar-refractivity contribution in [1.29, 1.82) is 0 Å². The van der Waals surface area contributed by atoms with Crippen LogP contribution in [-0.2, 0) is 28.7 Å². The molecule has 9 aromatic rings. The molecule has 3 aliphatic heterocycles. The van der Waals surface area contributed by atoms with Crippen LogP contribution in [0.1, 0.15) is 104 Å². The van der Waals surface area contributed by atoms with Crippen molar-refractivity contribution in [3.8, 4) is 0 Å². The molecule has 12 rings (SSSR count). The Morgan fingerprint density at radius 3 is 1.11 bits per heavy atom. The summed E-state index contributed by atoms with van der Waals surface area (Å²) in [6.45, 7) is 22.8. The maximum Gasteiger partial charge on any atom is 0.410 e. The minimum Gasteiger partial charge on any atom is -0.477 e. The fourth-order valence-electron chi connectivity index (χ4n) is 11.6. The SMILES string of the molecule is CC(C)(C)OC(=O)N1CCN(c2cc(F)c(CCN)cc2F)CC1.Cc1ccc2c(N)c(C(=O)NCCc3cc(F)c(N4CCN(C(=O)OC(C)(C)C)CC4)cc3F)sc2n1.Cc1ccc2c(N)c(C(=O)NCCc3cc(F)c(N4CCNCC4)cc3F)sc2n1.Cc1ccc2c(N)c(C(=O)O)sc2n1. The molecule has 0 radical (unpaired) electrons. The lowest BCUT2D eigenvalue weighted by molar-refractivity contribution is 0.0230. The number of nitrogens with zero attached hydrogens (tertiary/aromatic N) is 8. The van der Waals surface area contributed by atoms with Crippen LogP contribution in [-0.4, -0.2) is 169 Å². The first-order chi connectivity index (χ1) is 49.7. The number of carboxylic acids is 1. The number of pyridine rings is 3. The number of hydrogen-bond acceptors (Lipinski definition) is 21. The molecule has 3 saturated heterocycles. The van der Waals surface area contributed by atoms with E-state index in [2.05, 4.69) is 30.9 Å². The molecule has 105 heavy (non-hydrogen) atoms. The van der Waals surface area contributed by atoms with E-state index in [4.69, 9.17) is 37.5 Å². The van der Waals surface area contributed by atoms with Gasteiger partial charge in [-0.1, -0.05) is 0 Å². The molecule has 3 aromatic carbocycles. The van der Waals surface area contributed by atoms with E-state index < -0.39 is 58.2 Å². The molecule has 32 heteroatoms. The number of aromatic nitrogens is 3. The van der Waals surface area contributed by atoms with Gasteiger partial charge in [-0.25, -0.2) is 55.7 Å². The number of rotatable bonds is 14. The topological polar surface area (TPSA) is 319 Å². The van der Waals surface area contributed by atoms with E-state index >= 15 is 0 Å². The van der Waals surface area contributed by atoms with Crippen molar-refractivity contribution in [3.05, 3.63) is 156 Å². The van der Waals surface area contributed by atoms with Gasteiger partial charge >= 0.3 is 18.2 Å². The van der Waals surface area contributed by atoms with E-state index in [0.29, 0.717) is 113 Å². The Kier molecular flexibility index (Phi) is 26.0. The number of carbonyl (C=O) groups is 5. The zero-order chi connectivity index (χ0) is 76.4. The van der Waals surface area contributed by atoms with E-state index in [0.717, 1.165) is 63.7 Å². The van der Waals surface area contributed by atoms with Gasteiger partial charge < -0.3 is 78.0 Å². The van der Waals surface area contributed by atoms with E-state index in [1.807, 2.05) is 76.8 Å². The van der Waals surface area contributed by atoms with Gasteiger partial charge in [-0.3, -0.25) is 9.59 Å². The largest absolute Gasteiger partial charge is 0.477 e. The summed E-state index contributed by atoms with van der Waals surface area (Å²) in [5.74, 6) is -4.66. The Bertz CT molecular complexity index is 4660. The molecule has 4 amide bonds. The Labute approximate surface area is 615 Å². The molecule has 3 fully saturated rings. The monoisotopic (exact) mass is 1510 g/mol. The lowest BCUT2D eigenvalue weighted by Gasteiger charge is -2.37. The second-order valence-electron chi connectivity index (χ2n) is 27.1. The van der Waals surface area contributed by atoms with Crippen molar-refractivity contribution < 1.29 is 64.9 Å². The number of aryl methyl sites for hydroxylation is 3. The molecule has 0 spiro atoms. The predicted molar refractivity (Wildman–Crippen MR) is 402 cm³/mol. The number of aromatic carboxylic acids is 1. The van der Waals surface area contributed by atoms with Crippen molar-refractivity contribution in [2.45, 2.75) is 92.8 Å². The Balaban J connectivity index is 0.000000170. The molecule has 3 aliphatic rings. The molecular weight excluding hydrogens is 1430 g/mol. The summed E-state index contributed by atoms with van der Waals surface area (Å²) in [5, 5.41) is 19.7. The van der Waals surface area contributed by atoms with E-state index in [1.54, 1.807) is 46.4 Å². The molecule has 0 saturated carbocycles. The Morgan fingerprint density at radius 1 is 0.476 bits per heavy atom. The number of amides is 4. The highest BCUT2D eigenvalue weighted by Gasteiger charge is 2.31. The van der Waals surface area contributed by atoms with Crippen LogP contribution < -0.4 is 53.6 Å². The lowest BCUT2D eigenvalue weighted by Crippen LogP contribution is -2.50. The normalized spacial score (nSPS) is 14.1. The number of piperazine rings is 3. The number of ether oxygens (including phenoxy) is 2. The van der Waals surface area contributed by atoms with Gasteiger partial charge in [0.05, 0.1) is 34.1 Å². The van der Waals surface area contributed by atoms with Crippen molar-refractivity contribution in [3.63, 3.8) is 0 Å². The molecule has 562 valence electrons. The highest BCUT2D eigenvalue weighted by atomic mass is 32.1. The number of hydrogen-bond donors (Lipinski definition) is 8. The van der Waals surface area contributed by atoms with Crippen LogP contribution in [0.15, 0.2) is 72.8 Å². The third-order valence-electron chi connectivity index (χ3n) is 16.9. The molecular formula is C73H87F6N15O8S3. The first-order valence-corrected chi connectivity index (χ1v) is 36.4. The van der Waals surface area contributed by atoms with E-state index in [1.165, 1.54) is 53.0 Å². The summed E-state index contributed by atoms with van der Waals surface area (Å²) in [6.07, 6.45) is -0.204. The van der Waals surface area contributed by atoms with Crippen LogP contribution in [0.3, 0.4) is 0 Å². The standard InChI is InChI=1S/C26H31F2N5O3S.C21H23F2N5OS.C17H25F2N3O2.C9H8N2O2S/c1-15-5-6-17-21(29)22(37-24(17)31-15)23(34)30-8-7-16-13-19(28)20(14-18(16)27)32-9-11-33(12-10-32)25(35)36-26(2,3)4;1-12-2-3-14-18(24)19(30-21(14)27-12)20(29)26-5-4-13-10-16(23)17(11-15(13)22)28-8-6-25-7-9-28;1-17(2,3)24-16(23)22-8-6-21(7-9-22)15-11-13(18)12(4-5-20)10-14(15)19;1-4-2-3-5-6(10)7(9(12)13)14-8(5)11-4/h5-6,13-14H,7-12,29H2,1-4H3,(H,30,34);2-3,10-11,25H,4-9,24H2,1H3,(H,26,29);10-11H,4-9,20H2,1-3H3;2-3H,10H2,1H3,(H,12,13). The summed E-state index contributed by atoms with van der Waals surface area (Å²) in [6, 6.07) is 18.2. The number of nitrogens with two attached hydrogens (primary N) is 4. The van der Waals surface area contributed by atoms with Gasteiger partial charge in [0.25, 0.3) is 11.8 Å². The number of thiophene rings is 3. The molecule has 6 aromatic heterocycles. The fourth-order valence-corrected chi connectivity index (χ4v) is 14.6. The number of nitrogens with one attached hydrogen (secondary N) is 3. The van der Waals surface area contributed by atoms with Crippen molar-refractivity contribution >= 4 is 129 Å². The van der Waals surface area contributed by atoms with Gasteiger partial charge in [-0.05, 0) is 159 Å². The van der Waals surface area contributed by atoms with Gasteiger partial charge in [0.2, 0.25) is 0 Å². The van der Waals surface area contributed by atoms with Crippen LogP contribution in [0.2, 0.25) is 0 Å². The molecule has 0 aliphatic carbocycles. The third kappa shape index (κ3) is 20.4. The number of halogens is 6. The maximum absolute atomic E-state index is 14.9. The number of fused-ring (bicyclic) bond motifs is 3. The lowest BCUT2D eigenvalue weighted by atomic mass is 10.1. The van der Waals surface area contributed by atoms with Crippen LogP contribution in [0.5, 0.6) is 0 Å². The number of benzene rings is 3. The van der Waals surface area contributed by atoms with Gasteiger partial charge in [0.1, 0.15) is 75.2 Å². The molecule has 23 nitrogen and oxygen atoms in total. The van der Waals surface area contributed by atoms with Crippen molar-refractivity contribution in [2.24, 2.45) is 5.73 Å². The fraction of sp³-hybridized carbons (Fsp3) is 0.397. The molecule has 12 N–H and O–H groups in total. The zero-order valence-electron chi connectivity index (χ0n) is 59.8. The van der Waals surface area contributed by atoms with Crippen LogP contribution in [0.25, 0.3) is 30.6 Å². The van der Waals surface area contributed by atoms with E-state index in [9.17, 15) is 50.3 Å². The second-order valence-corrected chi connectivity index (χ2v) is 30.1. The van der Waals surface area contributed by atoms with Gasteiger partial charge in [0.15, 0.2) is 0 Å². The number of nitrogen functional groups attached to an aromatic ring is 3. The quantitative estimate of drug-likeness (QED) is 0.0469. The highest BCUT2D eigenvalue weighted by Crippen LogP contribution is 2.36. The molecule has 0 unspecified atom stereocenters. The number of carbonyl (C=O) groups excluding carboxylic acids is 4. The van der Waals surface area contributed by atoms with Gasteiger partial charge in [0, 0.05) is 143 Å². The summed E-state index contributed by atoms with van der Waals surface area (Å²) in [7, 11) is 0. The smallest absolute Gasteiger partial charge is 0.410 e. The predicted octanol–water partition coefficient (Wildman–Crippen LogP) is 11.8. The highest BCUT2D eigenvalue weighted by molar-refractivity contribution is 7.22. The van der Waals surface area contributed by atoms with Crippen molar-refractivity contribution in [2.75, 3.05) is 130 Å². The number of carboxylic acid groups (broad SMARTS) is 1. The minimum atomic E-state index is -0.997. The summed E-state index contributed by atoms with van der Waals surface area (Å²) < 4.78 is 97.8. The van der Waals surface area contributed by atoms with Gasteiger partial charge in [-0.15, -0.1) is 34.0 Å². The Morgan fingerprint density at radius 2 is 0.790 bits per heavy atom. The first kappa shape index (κ1) is 79.4. The van der Waals surface area contributed by atoms with E-state index in [-0.39, 0.29) is 89.0 Å². The van der Waals surface area contributed by atoms with Crippen LogP contribution in [0.4, 0.5) is 70.1 Å². The average Bonchev–Trinajstić information content (AvgIpc) is 1.71. The summed E-state index contributed by atoms with van der Waals surface area (Å²) in [5.41, 5.74) is 27.1. The average molecular weight is 1510 g/mol. The first-order valence-electron chi connectivity index (χ1n) is 34.0. The summed E-state index contributed by atoms with van der Waals surface area (Å²) >= 11 is 3.53. The second kappa shape index (κ2) is 34.4. The third-order valence-corrected chi connectivity index (χ3v) is 20.3. The molecule has 9 heterocycles. The van der Waals surface area contributed by atoms with Crippen LogP contribution in [0, 0.1) is 55.7 Å². The minimum absolute atomic E-state index is 0.114. The molecule has 0 bridgehead atoms. The molecule has 0 atom stereocenters. The zero-order valence-corrected chi connectivity index (χ0v) is 62.3. The summed E-state index contributed by atoms with van der Waals surface area (Å²) in [4.78, 5) is 84.6. The maximum atomic E-state index is 14.9. The number of anilines is 6. The Hall–Kier alpha value is -9.76.